The zero-order valence-corrected chi connectivity index (χ0v) is 11.5. The van der Waals surface area contributed by atoms with Gasteiger partial charge in [0.05, 0.1) is 12.8 Å². The molecule has 0 amide bonds. The van der Waals surface area contributed by atoms with E-state index in [1.54, 1.807) is 0 Å². The summed E-state index contributed by atoms with van der Waals surface area (Å²) in [4.78, 5) is 14.9. The van der Waals surface area contributed by atoms with Crippen molar-refractivity contribution in [2.24, 2.45) is 0 Å². The van der Waals surface area contributed by atoms with Crippen molar-refractivity contribution in [2.75, 3.05) is 18.2 Å². The first-order valence-corrected chi connectivity index (χ1v) is 6.60. The molecule has 1 aliphatic rings. The van der Waals surface area contributed by atoms with E-state index in [-0.39, 0.29) is 12.3 Å². The fourth-order valence-electron chi connectivity index (χ4n) is 2.25. The van der Waals surface area contributed by atoms with Crippen molar-refractivity contribution >= 4 is 17.4 Å². The molecular weight excluding hydrogens is 312 g/mol. The van der Waals surface area contributed by atoms with Crippen LogP contribution >= 0.6 is 11.6 Å². The summed E-state index contributed by atoms with van der Waals surface area (Å²) in [7, 11) is 0. The first-order valence-electron chi connectivity index (χ1n) is 6.07. The number of nitrogen functional groups attached to an aromatic ring is 1. The maximum absolute atomic E-state index is 14.2. The van der Waals surface area contributed by atoms with Gasteiger partial charge in [-0.1, -0.05) is 0 Å². The Morgan fingerprint density at radius 3 is 2.86 bits per heavy atom. The second kappa shape index (κ2) is 5.84. The van der Waals surface area contributed by atoms with Gasteiger partial charge in [-0.15, -0.1) is 11.6 Å². The normalized spacial score (nSPS) is 32.5. The Kier molecular flexibility index (Phi) is 4.47. The number of rotatable bonds is 4. The molecule has 7 nitrogen and oxygen atoms in total. The van der Waals surface area contributed by atoms with Crippen molar-refractivity contribution in [1.82, 2.24) is 9.55 Å². The van der Waals surface area contributed by atoms with E-state index >= 15 is 0 Å². The number of nitrogens with zero attached hydrogens (tertiary/aromatic N) is 2. The number of halogens is 3. The third-order valence-corrected chi connectivity index (χ3v) is 3.65. The summed E-state index contributed by atoms with van der Waals surface area (Å²) in [6.07, 6.45) is -4.84. The van der Waals surface area contributed by atoms with Crippen molar-refractivity contribution in [2.45, 2.75) is 30.5 Å². The van der Waals surface area contributed by atoms with E-state index in [2.05, 4.69) is 4.98 Å². The molecule has 0 bridgehead atoms. The molecule has 0 spiro atoms. The van der Waals surface area contributed by atoms with Gasteiger partial charge in [-0.05, 0) is 6.42 Å². The van der Waals surface area contributed by atoms with E-state index in [0.717, 1.165) is 0 Å². The van der Waals surface area contributed by atoms with Crippen LogP contribution in [0.15, 0.2) is 11.0 Å². The van der Waals surface area contributed by atoms with Crippen LogP contribution in [0.5, 0.6) is 0 Å². The maximum atomic E-state index is 14.2. The minimum atomic E-state index is -2.07. The molecule has 0 aromatic carbocycles. The number of hydrogen-bond donors (Lipinski definition) is 3. The summed E-state index contributed by atoms with van der Waals surface area (Å²) in [6, 6.07) is 0. The number of ether oxygens (including phenoxy) is 1. The molecular formula is C11H14ClF2N3O4. The monoisotopic (exact) mass is 325 g/mol. The molecule has 118 valence electrons. The highest BCUT2D eigenvalue weighted by atomic mass is 35.5. The summed E-state index contributed by atoms with van der Waals surface area (Å²) in [5.74, 6) is -1.67. The topological polar surface area (TPSA) is 111 Å². The summed E-state index contributed by atoms with van der Waals surface area (Å²) >= 11 is 5.55. The van der Waals surface area contributed by atoms with Crippen molar-refractivity contribution in [1.29, 1.82) is 0 Å². The smallest absolute Gasteiger partial charge is 0.351 e. The molecule has 4 N–H and O–H groups in total. The van der Waals surface area contributed by atoms with Crippen LogP contribution in [0.4, 0.5) is 14.6 Å². The Morgan fingerprint density at radius 1 is 1.62 bits per heavy atom. The van der Waals surface area contributed by atoms with E-state index in [1.165, 1.54) is 0 Å². The molecule has 2 heterocycles. The van der Waals surface area contributed by atoms with Crippen LogP contribution in [-0.4, -0.2) is 50.1 Å². The van der Waals surface area contributed by atoms with Gasteiger partial charge in [-0.2, -0.15) is 4.98 Å². The third-order valence-electron chi connectivity index (χ3n) is 3.46. The van der Waals surface area contributed by atoms with Gasteiger partial charge >= 0.3 is 5.69 Å². The predicted molar refractivity (Wildman–Crippen MR) is 69.0 cm³/mol. The number of hydrogen-bond acceptors (Lipinski definition) is 6. The standard InChI is InChI=1S/C11H14ClF2N3O4/c12-2-1-11(4-18)7(19)6(14)9(21-11)17-3-5(13)8(15)16-10(17)20/h3,6-7,9,18-19H,1-2,4H2,(H2,15,16,20)/t6-,7-,9+,11+/m0/s1. The third kappa shape index (κ3) is 2.61. The number of anilines is 1. The lowest BCUT2D eigenvalue weighted by atomic mass is 9.94. The molecule has 0 aliphatic carbocycles. The number of aliphatic hydroxyl groups excluding tert-OH is 2. The molecule has 0 radical (unpaired) electrons. The van der Waals surface area contributed by atoms with Gasteiger partial charge in [-0.25, -0.2) is 13.6 Å². The van der Waals surface area contributed by atoms with Gasteiger partial charge < -0.3 is 20.7 Å². The highest BCUT2D eigenvalue weighted by Gasteiger charge is 2.55. The van der Waals surface area contributed by atoms with E-state index < -0.39 is 48.0 Å². The van der Waals surface area contributed by atoms with Crippen molar-refractivity contribution in [3.8, 4) is 0 Å². The van der Waals surface area contributed by atoms with Gasteiger partial charge in [0.25, 0.3) is 0 Å². The van der Waals surface area contributed by atoms with Gasteiger partial charge in [-0.3, -0.25) is 4.57 Å². The number of aliphatic hydroxyl groups is 2. The molecule has 10 heteroatoms. The highest BCUT2D eigenvalue weighted by molar-refractivity contribution is 6.17. The van der Waals surface area contributed by atoms with Gasteiger partial charge in [0.15, 0.2) is 24.0 Å². The lowest BCUT2D eigenvalue weighted by molar-refractivity contribution is -0.130. The molecule has 21 heavy (non-hydrogen) atoms. The zero-order chi connectivity index (χ0) is 15.8. The minimum absolute atomic E-state index is 0.0136. The molecule has 4 atom stereocenters. The van der Waals surface area contributed by atoms with Crippen molar-refractivity contribution < 1.29 is 23.7 Å². The average molecular weight is 326 g/mol. The van der Waals surface area contributed by atoms with Gasteiger partial charge in [0.1, 0.15) is 11.7 Å². The molecule has 0 saturated carbocycles. The molecule has 1 aliphatic heterocycles. The van der Waals surface area contributed by atoms with Crippen molar-refractivity contribution in [3.05, 3.63) is 22.5 Å². The molecule has 1 saturated heterocycles. The van der Waals surface area contributed by atoms with Gasteiger partial charge in [0.2, 0.25) is 0 Å². The summed E-state index contributed by atoms with van der Waals surface area (Å²) in [5, 5.41) is 19.3. The molecule has 1 fully saturated rings. The van der Waals surface area contributed by atoms with Crippen LogP contribution in [-0.2, 0) is 4.74 Å². The zero-order valence-electron chi connectivity index (χ0n) is 10.7. The van der Waals surface area contributed by atoms with E-state index in [4.69, 9.17) is 22.1 Å². The van der Waals surface area contributed by atoms with E-state index in [9.17, 15) is 23.8 Å². The Balaban J connectivity index is 2.42. The maximum Gasteiger partial charge on any atom is 0.351 e. The van der Waals surface area contributed by atoms with E-state index in [1.807, 2.05) is 0 Å². The van der Waals surface area contributed by atoms with E-state index in [0.29, 0.717) is 10.8 Å². The molecule has 1 aromatic heterocycles. The fraction of sp³-hybridized carbons (Fsp3) is 0.636. The fourth-order valence-corrected chi connectivity index (χ4v) is 2.57. The largest absolute Gasteiger partial charge is 0.393 e. The predicted octanol–water partition coefficient (Wildman–Crippen LogP) is -0.448. The Hall–Kier alpha value is -1.29. The van der Waals surface area contributed by atoms with Crippen LogP contribution in [0.3, 0.4) is 0 Å². The minimum Gasteiger partial charge on any atom is -0.393 e. The Morgan fingerprint density at radius 2 is 2.29 bits per heavy atom. The first kappa shape index (κ1) is 16.1. The van der Waals surface area contributed by atoms with Crippen LogP contribution in [0, 0.1) is 5.82 Å². The summed E-state index contributed by atoms with van der Waals surface area (Å²) < 4.78 is 33.4. The summed E-state index contributed by atoms with van der Waals surface area (Å²) in [6.45, 7) is -0.711. The van der Waals surface area contributed by atoms with Crippen LogP contribution in [0.25, 0.3) is 0 Å². The summed E-state index contributed by atoms with van der Waals surface area (Å²) in [5.41, 5.74) is 2.44. The molecule has 0 unspecified atom stereocenters. The molecule has 1 aromatic rings. The second-order valence-corrected chi connectivity index (χ2v) is 5.10. The number of aromatic nitrogens is 2. The van der Waals surface area contributed by atoms with Crippen LogP contribution in [0.1, 0.15) is 12.6 Å². The number of nitrogens with two attached hydrogens (primary N) is 1. The van der Waals surface area contributed by atoms with Crippen LogP contribution in [0.2, 0.25) is 0 Å². The lowest BCUT2D eigenvalue weighted by Crippen LogP contribution is -2.45. The first-order chi connectivity index (χ1) is 9.86. The van der Waals surface area contributed by atoms with Crippen LogP contribution < -0.4 is 11.4 Å². The quantitative estimate of drug-likeness (QED) is 0.647. The Bertz CT molecular complexity index is 587. The Labute approximate surface area is 122 Å². The highest BCUT2D eigenvalue weighted by Crippen LogP contribution is 2.40. The number of alkyl halides is 2. The van der Waals surface area contributed by atoms with Gasteiger partial charge in [0, 0.05) is 5.88 Å². The second-order valence-electron chi connectivity index (χ2n) is 4.72. The molecule has 2 rings (SSSR count). The van der Waals surface area contributed by atoms with Crippen molar-refractivity contribution in [3.63, 3.8) is 0 Å². The SMILES string of the molecule is Nc1nc(=O)n([C@@H]2O[C@@](CO)(CCCl)[C@@H](O)[C@@H]2F)cc1F. The average Bonchev–Trinajstić information content (AvgIpc) is 2.69. The lowest BCUT2D eigenvalue weighted by Gasteiger charge is -2.28.